The SMILES string of the molecule is CC(CC(=O)O)CP(Br)(c1ccccc1)(c1ccccc1)c1ccccc1. The van der Waals surface area contributed by atoms with Crippen molar-refractivity contribution < 1.29 is 9.90 Å². The van der Waals surface area contributed by atoms with Crippen molar-refractivity contribution in [3.63, 3.8) is 0 Å². The molecule has 3 aromatic carbocycles. The van der Waals surface area contributed by atoms with E-state index in [2.05, 4.69) is 88.3 Å². The molecule has 3 aromatic rings. The van der Waals surface area contributed by atoms with Crippen molar-refractivity contribution in [3.8, 4) is 0 Å². The number of benzene rings is 3. The van der Waals surface area contributed by atoms with Gasteiger partial charge in [-0.15, -0.1) is 0 Å². The fourth-order valence-electron chi connectivity index (χ4n) is 3.93. The quantitative estimate of drug-likeness (QED) is 0.526. The molecule has 0 bridgehead atoms. The average molecular weight is 443 g/mol. The van der Waals surface area contributed by atoms with E-state index >= 15 is 0 Å². The van der Waals surface area contributed by atoms with Crippen molar-refractivity contribution in [2.24, 2.45) is 5.92 Å². The van der Waals surface area contributed by atoms with Crippen LogP contribution in [0.15, 0.2) is 91.0 Å². The molecule has 0 heterocycles. The molecule has 0 spiro atoms. The van der Waals surface area contributed by atoms with Crippen LogP contribution in [0.5, 0.6) is 0 Å². The number of carbonyl (C=O) groups is 1. The molecule has 0 saturated heterocycles. The van der Waals surface area contributed by atoms with Crippen LogP contribution in [-0.2, 0) is 4.79 Å². The van der Waals surface area contributed by atoms with E-state index in [0.29, 0.717) is 0 Å². The summed E-state index contributed by atoms with van der Waals surface area (Å²) in [5.74, 6) is -0.741. The second-order valence-corrected chi connectivity index (χ2v) is 16.1. The summed E-state index contributed by atoms with van der Waals surface area (Å²) in [4.78, 5) is 11.4. The molecule has 0 amide bonds. The van der Waals surface area contributed by atoms with Gasteiger partial charge < -0.3 is 0 Å². The monoisotopic (exact) mass is 442 g/mol. The summed E-state index contributed by atoms with van der Waals surface area (Å²) >= 11 is 4.35. The molecule has 0 fully saturated rings. The third-order valence-electron chi connectivity index (χ3n) is 5.06. The molecule has 3 rings (SSSR count). The van der Waals surface area contributed by atoms with E-state index in [0.717, 1.165) is 6.16 Å². The van der Waals surface area contributed by atoms with Crippen molar-refractivity contribution in [1.82, 2.24) is 0 Å². The number of carboxylic acid groups (broad SMARTS) is 1. The van der Waals surface area contributed by atoms with Gasteiger partial charge >= 0.3 is 169 Å². The van der Waals surface area contributed by atoms with Gasteiger partial charge in [0.1, 0.15) is 0 Å². The third kappa shape index (κ3) is 3.72. The molecule has 1 atom stereocenters. The first kappa shape index (κ1) is 19.8. The zero-order valence-electron chi connectivity index (χ0n) is 15.3. The summed E-state index contributed by atoms with van der Waals surface area (Å²) in [5, 5.41) is 10.0. The van der Waals surface area contributed by atoms with Crippen molar-refractivity contribution in [1.29, 1.82) is 0 Å². The van der Waals surface area contributed by atoms with E-state index in [1.807, 2.05) is 25.1 Å². The average Bonchev–Trinajstić information content (AvgIpc) is 2.69. The number of aliphatic carboxylic acids is 1. The molecule has 0 aliphatic rings. The van der Waals surface area contributed by atoms with Crippen molar-refractivity contribution in [2.75, 3.05) is 6.16 Å². The summed E-state index contributed by atoms with van der Waals surface area (Å²) in [6.07, 6.45) is 0.895. The first-order chi connectivity index (χ1) is 12.9. The zero-order valence-corrected chi connectivity index (χ0v) is 17.8. The Morgan fingerprint density at radius 1 is 0.815 bits per heavy atom. The van der Waals surface area contributed by atoms with Gasteiger partial charge in [-0.05, 0) is 0 Å². The van der Waals surface area contributed by atoms with Crippen LogP contribution in [0, 0.1) is 5.92 Å². The number of carboxylic acids is 1. The van der Waals surface area contributed by atoms with Gasteiger partial charge in [-0.1, -0.05) is 0 Å². The molecule has 0 aliphatic heterocycles. The molecule has 140 valence electrons. The number of rotatable bonds is 7. The second kappa shape index (κ2) is 7.96. The molecule has 0 radical (unpaired) electrons. The molecule has 4 heteroatoms. The third-order valence-corrected chi connectivity index (χ3v) is 15.0. The van der Waals surface area contributed by atoms with E-state index < -0.39 is 11.3 Å². The van der Waals surface area contributed by atoms with Crippen LogP contribution in [0.2, 0.25) is 0 Å². The minimum absolute atomic E-state index is 0.0140. The number of halogens is 1. The maximum atomic E-state index is 11.4. The normalized spacial score (nSPS) is 14.1. The fraction of sp³-hybridized carbons (Fsp3) is 0.174. The Morgan fingerprint density at radius 3 is 1.44 bits per heavy atom. The molecular formula is C23H24BrO2P. The number of hydrogen-bond acceptors (Lipinski definition) is 1. The van der Waals surface area contributed by atoms with Gasteiger partial charge in [0.15, 0.2) is 0 Å². The molecule has 1 unspecified atom stereocenters. The summed E-state index contributed by atoms with van der Waals surface area (Å²) < 4.78 is 0. The van der Waals surface area contributed by atoms with Gasteiger partial charge in [-0.2, -0.15) is 0 Å². The van der Waals surface area contributed by atoms with Crippen LogP contribution >= 0.6 is 20.8 Å². The Labute approximate surface area is 168 Å². The molecule has 2 nitrogen and oxygen atoms in total. The Bertz CT molecular complexity index is 798. The summed E-state index contributed by atoms with van der Waals surface area (Å²) in [6, 6.07) is 31.4. The first-order valence-electron chi connectivity index (χ1n) is 9.06. The predicted octanol–water partition coefficient (Wildman–Crippen LogP) is 4.94. The summed E-state index contributed by atoms with van der Waals surface area (Å²) in [6.45, 7) is 2.03. The van der Waals surface area contributed by atoms with Gasteiger partial charge in [-0.3, -0.25) is 0 Å². The Morgan fingerprint density at radius 2 is 1.15 bits per heavy atom. The van der Waals surface area contributed by atoms with Gasteiger partial charge in [0.05, 0.1) is 0 Å². The molecule has 0 saturated carbocycles. The van der Waals surface area contributed by atoms with Crippen LogP contribution in [0.3, 0.4) is 0 Å². The fourth-order valence-corrected chi connectivity index (χ4v) is 12.7. The zero-order chi connectivity index (χ0) is 19.4. The summed E-state index contributed by atoms with van der Waals surface area (Å²) in [7, 11) is 0. The first-order valence-corrected chi connectivity index (χ1v) is 13.5. The maximum absolute atomic E-state index is 11.4. The van der Waals surface area contributed by atoms with Crippen LogP contribution in [-0.4, -0.2) is 17.2 Å². The molecule has 1 N–H and O–H groups in total. The van der Waals surface area contributed by atoms with E-state index in [1.54, 1.807) is 0 Å². The van der Waals surface area contributed by atoms with Gasteiger partial charge in [0.2, 0.25) is 0 Å². The van der Waals surface area contributed by atoms with E-state index in [9.17, 15) is 9.90 Å². The van der Waals surface area contributed by atoms with E-state index in [-0.39, 0.29) is 12.3 Å². The van der Waals surface area contributed by atoms with Crippen molar-refractivity contribution >= 4 is 42.7 Å². The van der Waals surface area contributed by atoms with Gasteiger partial charge in [-0.25, -0.2) is 0 Å². The predicted molar refractivity (Wildman–Crippen MR) is 120 cm³/mol. The van der Waals surface area contributed by atoms with E-state index in [4.69, 9.17) is 0 Å². The standard InChI is InChI=1S/C23H24BrO2P/c1-19(17-23(25)26)18-27(24,20-11-5-2-6-12-20,21-13-7-3-8-14-21)22-15-9-4-10-16-22/h2-16,19H,17-18H2,1H3,(H,25,26). The van der Waals surface area contributed by atoms with Crippen LogP contribution in [0.25, 0.3) is 0 Å². The topological polar surface area (TPSA) is 37.3 Å². The Kier molecular flexibility index (Phi) is 5.83. The van der Waals surface area contributed by atoms with Crippen LogP contribution in [0.4, 0.5) is 0 Å². The van der Waals surface area contributed by atoms with Gasteiger partial charge in [0.25, 0.3) is 0 Å². The molecular weight excluding hydrogens is 419 g/mol. The Hall–Kier alpha value is -1.96. The molecule has 0 aliphatic carbocycles. The molecule has 0 aromatic heterocycles. The van der Waals surface area contributed by atoms with Gasteiger partial charge in [0, 0.05) is 0 Å². The van der Waals surface area contributed by atoms with Crippen LogP contribution in [0.1, 0.15) is 13.3 Å². The molecule has 27 heavy (non-hydrogen) atoms. The summed E-state index contributed by atoms with van der Waals surface area (Å²) in [5.41, 5.74) is 0. The second-order valence-electron chi connectivity index (χ2n) is 7.08. The minimum atomic E-state index is -3.02. The Balaban J connectivity index is 2.34. The van der Waals surface area contributed by atoms with Crippen LogP contribution < -0.4 is 15.9 Å². The van der Waals surface area contributed by atoms with Crippen molar-refractivity contribution in [2.45, 2.75) is 13.3 Å². The van der Waals surface area contributed by atoms with Crippen molar-refractivity contribution in [3.05, 3.63) is 91.0 Å². The van der Waals surface area contributed by atoms with E-state index in [1.165, 1.54) is 15.9 Å². The number of hydrogen-bond donors (Lipinski definition) is 1.